The zero-order chi connectivity index (χ0) is 8.27. The van der Waals surface area contributed by atoms with Crippen molar-refractivity contribution in [3.8, 4) is 0 Å². The van der Waals surface area contributed by atoms with E-state index in [-0.39, 0.29) is 34.0 Å². The van der Waals surface area contributed by atoms with Crippen molar-refractivity contribution >= 4 is 33.9 Å². The highest BCUT2D eigenvalue weighted by Crippen LogP contribution is 2.29. The molecule has 0 aromatic rings. The smallest absolute Gasteiger partial charge is 0.212 e. The number of nitrogens with two attached hydrogens (primary N) is 1. The van der Waals surface area contributed by atoms with E-state index >= 15 is 0 Å². The Morgan fingerprint density at radius 3 is 2.83 bits per heavy atom. The van der Waals surface area contributed by atoms with Crippen LogP contribution in [-0.2, 0) is 4.79 Å². The van der Waals surface area contributed by atoms with Gasteiger partial charge in [-0.15, -0.1) is 17.0 Å². The van der Waals surface area contributed by atoms with E-state index < -0.39 is 0 Å². The van der Waals surface area contributed by atoms with E-state index in [2.05, 4.69) is 0 Å². The Morgan fingerprint density at radius 1 is 1.67 bits per heavy atom. The van der Waals surface area contributed by atoms with E-state index in [0.717, 1.165) is 5.57 Å². The van der Waals surface area contributed by atoms with Crippen LogP contribution < -0.4 is 5.73 Å². The van der Waals surface area contributed by atoms with Crippen molar-refractivity contribution in [2.24, 2.45) is 5.73 Å². The van der Waals surface area contributed by atoms with Crippen molar-refractivity contribution in [2.45, 2.75) is 11.7 Å². The van der Waals surface area contributed by atoms with Crippen LogP contribution in [0.1, 0.15) is 6.42 Å². The van der Waals surface area contributed by atoms with Gasteiger partial charge in [0.05, 0.1) is 0 Å². The average molecular weight is 254 g/mol. The van der Waals surface area contributed by atoms with Crippen LogP contribution in [0.2, 0.25) is 0 Å². The molecule has 1 unspecified atom stereocenters. The van der Waals surface area contributed by atoms with Gasteiger partial charge in [-0.2, -0.15) is 0 Å². The molecule has 12 heavy (non-hydrogen) atoms. The van der Waals surface area contributed by atoms with Gasteiger partial charge >= 0.3 is 0 Å². The molecular weight excluding hydrogens is 242 g/mol. The molecule has 1 aliphatic heterocycles. The minimum Gasteiger partial charge on any atom is -0.396 e. The van der Waals surface area contributed by atoms with Crippen molar-refractivity contribution in [2.75, 3.05) is 13.2 Å². The van der Waals surface area contributed by atoms with Crippen LogP contribution in [0.4, 0.5) is 0 Å². The molecule has 0 radical (unpaired) electrons. The summed E-state index contributed by atoms with van der Waals surface area (Å²) in [5, 5.41) is 8.82. The van der Waals surface area contributed by atoms with E-state index in [1.54, 1.807) is 6.08 Å². The van der Waals surface area contributed by atoms with Crippen LogP contribution in [0.3, 0.4) is 0 Å². The number of rotatable bonds is 3. The lowest BCUT2D eigenvalue weighted by Gasteiger charge is -2.08. The number of halogens is 1. The summed E-state index contributed by atoms with van der Waals surface area (Å²) in [6, 6.07) is 0. The van der Waals surface area contributed by atoms with Gasteiger partial charge in [0.25, 0.3) is 0 Å². The first-order chi connectivity index (χ1) is 5.27. The quantitative estimate of drug-likeness (QED) is 0.768. The fraction of sp³-hybridized carbons (Fsp3) is 0.571. The van der Waals surface area contributed by atoms with E-state index in [4.69, 9.17) is 10.8 Å². The van der Waals surface area contributed by atoms with Gasteiger partial charge in [-0.1, -0.05) is 11.8 Å². The fourth-order valence-electron chi connectivity index (χ4n) is 1.05. The Balaban J connectivity index is 0.00000121. The monoisotopic (exact) mass is 253 g/mol. The second kappa shape index (κ2) is 5.75. The van der Waals surface area contributed by atoms with Crippen molar-refractivity contribution in [3.05, 3.63) is 11.6 Å². The summed E-state index contributed by atoms with van der Waals surface area (Å²) in [5.74, 6) is 0. The summed E-state index contributed by atoms with van der Waals surface area (Å²) in [7, 11) is 0. The van der Waals surface area contributed by atoms with Gasteiger partial charge in [0.15, 0.2) is 0 Å². The molecule has 70 valence electrons. The summed E-state index contributed by atoms with van der Waals surface area (Å²) in [6.07, 6.45) is 2.20. The molecule has 0 aromatic carbocycles. The SMILES string of the molecule is Br.NCC1=CC(=O)SC1CCO. The van der Waals surface area contributed by atoms with Crippen molar-refractivity contribution in [1.82, 2.24) is 0 Å². The summed E-state index contributed by atoms with van der Waals surface area (Å²) >= 11 is 1.25. The summed E-state index contributed by atoms with van der Waals surface area (Å²) in [6.45, 7) is 0.533. The van der Waals surface area contributed by atoms with Gasteiger partial charge in [-0.25, -0.2) is 0 Å². The van der Waals surface area contributed by atoms with Gasteiger partial charge in [-0.05, 0) is 18.1 Å². The molecule has 0 aliphatic carbocycles. The van der Waals surface area contributed by atoms with Crippen LogP contribution in [-0.4, -0.2) is 28.6 Å². The second-order valence-electron chi connectivity index (χ2n) is 2.36. The largest absolute Gasteiger partial charge is 0.396 e. The van der Waals surface area contributed by atoms with Gasteiger partial charge in [0.2, 0.25) is 5.12 Å². The molecule has 0 saturated heterocycles. The van der Waals surface area contributed by atoms with Gasteiger partial charge < -0.3 is 10.8 Å². The third-order valence-corrected chi connectivity index (χ3v) is 2.78. The number of hydrogen-bond acceptors (Lipinski definition) is 4. The van der Waals surface area contributed by atoms with Crippen molar-refractivity contribution in [1.29, 1.82) is 0 Å². The molecule has 0 spiro atoms. The maximum atomic E-state index is 10.8. The Kier molecular flexibility index (Phi) is 5.82. The molecule has 0 fully saturated rings. The minimum atomic E-state index is 0. The minimum absolute atomic E-state index is 0. The lowest BCUT2D eigenvalue weighted by atomic mass is 10.1. The number of hydrogen-bond donors (Lipinski definition) is 2. The molecule has 5 heteroatoms. The fourth-order valence-corrected chi connectivity index (χ4v) is 2.08. The van der Waals surface area contributed by atoms with Crippen LogP contribution in [0, 0.1) is 0 Å². The van der Waals surface area contributed by atoms with E-state index in [9.17, 15) is 4.79 Å². The topological polar surface area (TPSA) is 63.3 Å². The molecule has 3 N–H and O–H groups in total. The Hall–Kier alpha value is 0.160. The lowest BCUT2D eigenvalue weighted by Crippen LogP contribution is -2.13. The number of carbonyl (C=O) groups is 1. The summed E-state index contributed by atoms with van der Waals surface area (Å²) in [4.78, 5) is 10.8. The highest BCUT2D eigenvalue weighted by Gasteiger charge is 2.23. The zero-order valence-electron chi connectivity index (χ0n) is 6.53. The highest BCUT2D eigenvalue weighted by molar-refractivity contribution is 8.93. The molecule has 0 aromatic heterocycles. The molecule has 1 aliphatic rings. The Bertz CT molecular complexity index is 196. The average Bonchev–Trinajstić information content (AvgIpc) is 2.32. The standard InChI is InChI=1S/C7H11NO2S.BrH/c8-4-5-3-7(10)11-6(5)1-2-9;/h3,6,9H,1-2,4,8H2;1H. The van der Waals surface area contributed by atoms with Gasteiger partial charge in [0, 0.05) is 18.4 Å². The van der Waals surface area contributed by atoms with E-state index in [1.165, 1.54) is 11.8 Å². The maximum Gasteiger partial charge on any atom is 0.212 e. The van der Waals surface area contributed by atoms with Crippen LogP contribution in [0.25, 0.3) is 0 Å². The second-order valence-corrected chi connectivity index (χ2v) is 3.57. The zero-order valence-corrected chi connectivity index (χ0v) is 9.05. The first-order valence-electron chi connectivity index (χ1n) is 3.50. The third-order valence-electron chi connectivity index (χ3n) is 1.60. The molecular formula is C7H12BrNO2S. The highest BCUT2D eigenvalue weighted by atomic mass is 79.9. The number of thioether (sulfide) groups is 1. The molecule has 3 nitrogen and oxygen atoms in total. The first kappa shape index (κ1) is 12.2. The predicted molar refractivity (Wildman–Crippen MR) is 55.5 cm³/mol. The molecule has 0 amide bonds. The Labute approximate surface area is 86.2 Å². The first-order valence-corrected chi connectivity index (χ1v) is 4.38. The number of aliphatic hydroxyl groups is 1. The van der Waals surface area contributed by atoms with Gasteiger partial charge in [0.1, 0.15) is 0 Å². The van der Waals surface area contributed by atoms with Crippen LogP contribution in [0.15, 0.2) is 11.6 Å². The normalized spacial score (nSPS) is 22.0. The lowest BCUT2D eigenvalue weighted by molar-refractivity contribution is -0.106. The molecule has 1 atom stereocenters. The summed E-state index contributed by atoms with van der Waals surface area (Å²) < 4.78 is 0. The van der Waals surface area contributed by atoms with E-state index in [1.807, 2.05) is 0 Å². The molecule has 0 bridgehead atoms. The van der Waals surface area contributed by atoms with Crippen LogP contribution in [0.5, 0.6) is 0 Å². The predicted octanol–water partition coefficient (Wildman–Crippen LogP) is 0.474. The molecule has 1 heterocycles. The van der Waals surface area contributed by atoms with Crippen molar-refractivity contribution < 1.29 is 9.90 Å². The van der Waals surface area contributed by atoms with Crippen molar-refractivity contribution in [3.63, 3.8) is 0 Å². The van der Waals surface area contributed by atoms with Crippen LogP contribution >= 0.6 is 28.7 Å². The number of carbonyl (C=O) groups excluding carboxylic acids is 1. The molecule has 0 saturated carbocycles. The number of aliphatic hydroxyl groups excluding tert-OH is 1. The van der Waals surface area contributed by atoms with E-state index in [0.29, 0.717) is 13.0 Å². The maximum absolute atomic E-state index is 10.8. The summed E-state index contributed by atoms with van der Waals surface area (Å²) in [5.41, 5.74) is 6.35. The third kappa shape index (κ3) is 2.90. The Morgan fingerprint density at radius 2 is 2.33 bits per heavy atom. The molecule has 1 rings (SSSR count). The van der Waals surface area contributed by atoms with Gasteiger partial charge in [-0.3, -0.25) is 4.79 Å².